The molecule has 4 atom stereocenters. The van der Waals surface area contributed by atoms with Crippen molar-refractivity contribution in [2.45, 2.75) is 48.8 Å². The van der Waals surface area contributed by atoms with Gasteiger partial charge in [-0.25, -0.2) is 0 Å². The van der Waals surface area contributed by atoms with Crippen molar-refractivity contribution in [2.75, 3.05) is 6.54 Å². The number of piperidine rings is 1. The molecule has 0 radical (unpaired) electrons. The molecule has 1 aliphatic carbocycles. The number of β-amino-alcohol motifs (C(OH)–C–C–N with tert-alkyl or cyclic N) is 1. The van der Waals surface area contributed by atoms with Gasteiger partial charge >= 0.3 is 7.60 Å². The lowest BCUT2D eigenvalue weighted by molar-refractivity contribution is -0.0955. The topological polar surface area (TPSA) is 130 Å². The highest BCUT2D eigenvalue weighted by Crippen LogP contribution is 2.67. The van der Waals surface area contributed by atoms with Gasteiger partial charge in [0, 0.05) is 12.6 Å². The van der Waals surface area contributed by atoms with Crippen molar-refractivity contribution in [3.05, 3.63) is 0 Å². The molecule has 100 valence electrons. The van der Waals surface area contributed by atoms with E-state index in [9.17, 15) is 29.7 Å². The van der Waals surface area contributed by atoms with Crippen LogP contribution >= 0.6 is 7.60 Å². The Morgan fingerprint density at radius 1 is 1.18 bits per heavy atom. The summed E-state index contributed by atoms with van der Waals surface area (Å²) in [4.78, 5) is 18.5. The largest absolute Gasteiger partial charge is 0.389 e. The standard InChI is InChI=1S/C9H18NO6P/c11-6-4-10-5(7(12)8(6)13)3-9(1-2-9)17(14,15)16/h5-8,10-13H,1-4H2,(H2,14,15,16)/t5-,6-,7-,8-/m1/s1. The molecule has 0 amide bonds. The van der Waals surface area contributed by atoms with Gasteiger partial charge in [-0.3, -0.25) is 4.57 Å². The number of aliphatic hydroxyl groups excluding tert-OH is 3. The van der Waals surface area contributed by atoms with Gasteiger partial charge in [-0.15, -0.1) is 0 Å². The lowest BCUT2D eigenvalue weighted by Crippen LogP contribution is -2.60. The molecule has 6 N–H and O–H groups in total. The first kappa shape index (κ1) is 13.4. The van der Waals surface area contributed by atoms with Gasteiger partial charge in [-0.05, 0) is 19.3 Å². The highest BCUT2D eigenvalue weighted by molar-refractivity contribution is 7.54. The minimum atomic E-state index is -4.18. The molecule has 2 fully saturated rings. The van der Waals surface area contributed by atoms with Crippen molar-refractivity contribution in [1.82, 2.24) is 5.32 Å². The SMILES string of the molecule is O=P(O)(O)C1(C[C@H]2NC[C@@H](O)[C@@H](O)[C@@H]2O)CC1. The molecule has 1 aliphatic heterocycles. The zero-order valence-corrected chi connectivity index (χ0v) is 10.1. The molecule has 2 aliphatic rings. The van der Waals surface area contributed by atoms with E-state index in [-0.39, 0.29) is 13.0 Å². The molecule has 17 heavy (non-hydrogen) atoms. The summed E-state index contributed by atoms with van der Waals surface area (Å²) >= 11 is 0. The third-order valence-corrected chi connectivity index (χ3v) is 5.66. The Kier molecular flexibility index (Phi) is 3.38. The van der Waals surface area contributed by atoms with Crippen molar-refractivity contribution in [3.63, 3.8) is 0 Å². The summed E-state index contributed by atoms with van der Waals surface area (Å²) in [6.45, 7) is 0.111. The van der Waals surface area contributed by atoms with Gasteiger partial charge in [-0.2, -0.15) is 0 Å². The summed E-state index contributed by atoms with van der Waals surface area (Å²) in [5.74, 6) is 0. The summed E-state index contributed by atoms with van der Waals surface area (Å²) in [5, 5.41) is 30.3. The fourth-order valence-electron chi connectivity index (χ4n) is 2.34. The second-order valence-electron chi connectivity index (χ2n) is 5.04. The molecule has 2 rings (SSSR count). The zero-order chi connectivity index (χ0) is 12.8. The Labute approximate surface area is 98.6 Å². The maximum Gasteiger partial charge on any atom is 0.331 e. The Balaban J connectivity index is 2.03. The van der Waals surface area contributed by atoms with Crippen molar-refractivity contribution in [2.24, 2.45) is 0 Å². The van der Waals surface area contributed by atoms with Crippen LogP contribution in [-0.2, 0) is 4.57 Å². The molecule has 0 aromatic carbocycles. The molecule has 7 nitrogen and oxygen atoms in total. The lowest BCUT2D eigenvalue weighted by Gasteiger charge is -2.37. The molecular weight excluding hydrogens is 249 g/mol. The molecule has 1 heterocycles. The average molecular weight is 267 g/mol. The van der Waals surface area contributed by atoms with Crippen molar-refractivity contribution >= 4 is 7.60 Å². The highest BCUT2D eigenvalue weighted by Gasteiger charge is 2.58. The maximum absolute atomic E-state index is 11.3. The summed E-state index contributed by atoms with van der Waals surface area (Å²) in [6, 6.07) is -0.594. The number of nitrogens with one attached hydrogen (secondary N) is 1. The Bertz CT molecular complexity index is 340. The monoisotopic (exact) mass is 267 g/mol. The Morgan fingerprint density at radius 2 is 1.76 bits per heavy atom. The van der Waals surface area contributed by atoms with Crippen LogP contribution in [0.5, 0.6) is 0 Å². The van der Waals surface area contributed by atoms with Crippen LogP contribution in [0.3, 0.4) is 0 Å². The van der Waals surface area contributed by atoms with E-state index in [1.165, 1.54) is 0 Å². The number of hydrogen-bond acceptors (Lipinski definition) is 5. The van der Waals surface area contributed by atoms with Gasteiger partial charge in [0.05, 0.1) is 17.4 Å². The minimum Gasteiger partial charge on any atom is -0.389 e. The fraction of sp³-hybridized carbons (Fsp3) is 1.00. The third kappa shape index (κ3) is 2.42. The summed E-state index contributed by atoms with van der Waals surface area (Å²) in [5.41, 5.74) is 0. The molecule has 1 saturated heterocycles. The summed E-state index contributed by atoms with van der Waals surface area (Å²) in [7, 11) is -4.18. The lowest BCUT2D eigenvalue weighted by atomic mass is 9.92. The second-order valence-corrected chi connectivity index (χ2v) is 7.07. The number of hydrogen-bond donors (Lipinski definition) is 6. The van der Waals surface area contributed by atoms with Crippen LogP contribution in [0.25, 0.3) is 0 Å². The van der Waals surface area contributed by atoms with Gasteiger partial charge < -0.3 is 30.4 Å². The van der Waals surface area contributed by atoms with Crippen LogP contribution in [0.1, 0.15) is 19.3 Å². The van der Waals surface area contributed by atoms with Gasteiger partial charge in [0.15, 0.2) is 0 Å². The van der Waals surface area contributed by atoms with E-state index in [1.807, 2.05) is 0 Å². The molecule has 0 aromatic rings. The predicted molar refractivity (Wildman–Crippen MR) is 58.4 cm³/mol. The van der Waals surface area contributed by atoms with E-state index in [4.69, 9.17) is 0 Å². The van der Waals surface area contributed by atoms with Crippen molar-refractivity contribution < 1.29 is 29.7 Å². The average Bonchev–Trinajstić information content (AvgIpc) is 2.99. The molecule has 8 heteroatoms. The zero-order valence-electron chi connectivity index (χ0n) is 9.23. The van der Waals surface area contributed by atoms with Gasteiger partial charge in [-0.1, -0.05) is 0 Å². The van der Waals surface area contributed by atoms with Crippen LogP contribution in [0, 0.1) is 0 Å². The number of rotatable bonds is 3. The Morgan fingerprint density at radius 3 is 2.24 bits per heavy atom. The molecule has 0 unspecified atom stereocenters. The maximum atomic E-state index is 11.3. The van der Waals surface area contributed by atoms with E-state index < -0.39 is 37.1 Å². The summed E-state index contributed by atoms with van der Waals surface area (Å²) in [6.07, 6.45) is -2.55. The molecule has 0 spiro atoms. The van der Waals surface area contributed by atoms with E-state index >= 15 is 0 Å². The van der Waals surface area contributed by atoms with Crippen molar-refractivity contribution in [1.29, 1.82) is 0 Å². The van der Waals surface area contributed by atoms with Crippen LogP contribution in [0.2, 0.25) is 0 Å². The minimum absolute atomic E-state index is 0.111. The van der Waals surface area contributed by atoms with E-state index in [1.54, 1.807) is 0 Å². The highest BCUT2D eigenvalue weighted by atomic mass is 31.2. The van der Waals surface area contributed by atoms with Gasteiger partial charge in [0.1, 0.15) is 6.10 Å². The molecule has 0 aromatic heterocycles. The van der Waals surface area contributed by atoms with Crippen molar-refractivity contribution in [3.8, 4) is 0 Å². The normalized spacial score (nSPS) is 41.2. The van der Waals surface area contributed by atoms with Crippen LogP contribution in [-0.4, -0.2) is 61.2 Å². The van der Waals surface area contributed by atoms with E-state index in [0.29, 0.717) is 12.8 Å². The molecular formula is C9H18NO6P. The first-order chi connectivity index (χ1) is 7.77. The van der Waals surface area contributed by atoms with E-state index in [0.717, 1.165) is 0 Å². The second kappa shape index (κ2) is 4.28. The first-order valence-corrected chi connectivity index (χ1v) is 7.21. The summed E-state index contributed by atoms with van der Waals surface area (Å²) < 4.78 is 11.3. The fourth-order valence-corrected chi connectivity index (χ4v) is 3.47. The van der Waals surface area contributed by atoms with Gasteiger partial charge in [0.25, 0.3) is 0 Å². The molecule has 0 bridgehead atoms. The van der Waals surface area contributed by atoms with Crippen LogP contribution in [0.4, 0.5) is 0 Å². The van der Waals surface area contributed by atoms with Crippen LogP contribution < -0.4 is 5.32 Å². The number of aliphatic hydroxyl groups is 3. The Hall–Kier alpha value is -0.0100. The first-order valence-electron chi connectivity index (χ1n) is 5.60. The smallest absolute Gasteiger partial charge is 0.331 e. The van der Waals surface area contributed by atoms with Gasteiger partial charge in [0.2, 0.25) is 0 Å². The quantitative estimate of drug-likeness (QED) is 0.331. The van der Waals surface area contributed by atoms with E-state index in [2.05, 4.69) is 5.32 Å². The van der Waals surface area contributed by atoms with Crippen LogP contribution in [0.15, 0.2) is 0 Å². The predicted octanol–water partition coefficient (Wildman–Crippen LogP) is -1.86. The third-order valence-electron chi connectivity index (χ3n) is 3.79. The molecule has 1 saturated carbocycles.